The van der Waals surface area contributed by atoms with Crippen LogP contribution in [0.15, 0.2) is 0 Å². The van der Waals surface area contributed by atoms with Gasteiger partial charge in [-0.1, -0.05) is 22.9 Å². The van der Waals surface area contributed by atoms with Crippen LogP contribution in [-0.2, 0) is 0 Å². The number of halogens is 2. The Balaban J connectivity index is 0. The topological polar surface area (TPSA) is 20.2 Å². The fourth-order valence-corrected chi connectivity index (χ4v) is 0. The predicted molar refractivity (Wildman–Crippen MR) is 35.2 cm³/mol. The molecule has 0 spiro atoms. The van der Waals surface area contributed by atoms with E-state index in [1.807, 2.05) is 16.3 Å². The molecule has 1 N–H and O–H groups in total. The molecule has 0 radical (unpaired) electrons. The molecule has 0 unspecified atom stereocenters. The lowest BCUT2D eigenvalue weighted by Gasteiger charge is -1.66. The van der Waals surface area contributed by atoms with E-state index in [-0.39, 0.29) is 0 Å². The first kappa shape index (κ1) is 10.0. The molecule has 0 fully saturated rings. The van der Waals surface area contributed by atoms with Gasteiger partial charge < -0.3 is 4.20 Å². The molecule has 0 rings (SSSR count). The number of hydrogen-bond acceptors (Lipinski definition) is 1. The van der Waals surface area contributed by atoms with E-state index in [4.69, 9.17) is 4.20 Å². The van der Waals surface area contributed by atoms with Crippen LogP contribution in [0.2, 0.25) is 0 Å². The van der Waals surface area contributed by atoms with Gasteiger partial charge in [0.25, 0.3) is 0 Å². The van der Waals surface area contributed by atoms with Crippen molar-refractivity contribution in [3.63, 3.8) is 0 Å². The van der Waals surface area contributed by atoms with Gasteiger partial charge in [0.2, 0.25) is 0 Å². The molecule has 6 heavy (non-hydrogen) atoms. The van der Waals surface area contributed by atoms with Crippen LogP contribution >= 0.6 is 32.2 Å². The summed E-state index contributed by atoms with van der Waals surface area (Å²) in [7, 11) is 0. The van der Waals surface area contributed by atoms with E-state index in [1.165, 1.54) is 6.42 Å². The summed E-state index contributed by atoms with van der Waals surface area (Å²) in [5, 5.41) is 1.13. The Morgan fingerprint density at radius 1 is 1.50 bits per heavy atom. The minimum Gasteiger partial charge on any atom is -0.324 e. The van der Waals surface area contributed by atoms with Crippen molar-refractivity contribution in [3.05, 3.63) is 0 Å². The van der Waals surface area contributed by atoms with Crippen molar-refractivity contribution >= 4 is 32.2 Å². The number of rotatable bonds is 1. The van der Waals surface area contributed by atoms with Crippen molar-refractivity contribution in [1.29, 1.82) is 0 Å². The normalized spacial score (nSPS) is 6.00. The summed E-state index contributed by atoms with van der Waals surface area (Å²) in [5.74, 6) is 0. The second-order valence-corrected chi connectivity index (χ2v) is 1.48. The molecule has 0 aliphatic heterocycles. The molecule has 0 bridgehead atoms. The maximum Gasteiger partial charge on any atom is 0.0957 e. The lowest BCUT2D eigenvalue weighted by Crippen LogP contribution is -1.54. The Kier molecular flexibility index (Phi) is 28.1. The Morgan fingerprint density at radius 3 is 1.67 bits per heavy atom. The minimum atomic E-state index is 1.13. The Bertz CT molecular complexity index is 10.8. The van der Waals surface area contributed by atoms with Crippen LogP contribution in [0.1, 0.15) is 13.3 Å². The first-order valence-electron chi connectivity index (χ1n) is 1.64. The molecule has 0 atom stereocenters. The standard InChI is InChI=1S/C3H7Br.BrHO/c1-2-3-4;1-2/h2-3H2,1H3;2H. The van der Waals surface area contributed by atoms with E-state index >= 15 is 0 Å². The first-order chi connectivity index (χ1) is 2.91. The van der Waals surface area contributed by atoms with E-state index in [9.17, 15) is 0 Å². The average Bonchev–Trinajstić information content (AvgIpc) is 1.72. The fourth-order valence-electron chi connectivity index (χ4n) is 0. The molecule has 1 nitrogen and oxygen atoms in total. The quantitative estimate of drug-likeness (QED) is 0.670. The third-order valence-electron chi connectivity index (χ3n) is 0.189. The lowest BCUT2D eigenvalue weighted by atomic mass is 10.6. The number of alkyl halides is 1. The second kappa shape index (κ2) is 16.8. The van der Waals surface area contributed by atoms with Gasteiger partial charge in [-0.15, -0.1) is 0 Å². The molecule has 0 heterocycles. The maximum absolute atomic E-state index is 6.81. The monoisotopic (exact) mass is 218 g/mol. The largest absolute Gasteiger partial charge is 0.324 e. The summed E-state index contributed by atoms with van der Waals surface area (Å²) >= 11 is 5.19. The second-order valence-electron chi connectivity index (χ2n) is 0.689. The van der Waals surface area contributed by atoms with Crippen molar-refractivity contribution in [2.45, 2.75) is 13.3 Å². The van der Waals surface area contributed by atoms with Gasteiger partial charge in [0.15, 0.2) is 0 Å². The highest BCUT2D eigenvalue weighted by Gasteiger charge is 1.58. The number of hydrogen-bond donors (Lipinski definition) is 1. The smallest absolute Gasteiger partial charge is 0.0957 e. The first-order valence-corrected chi connectivity index (χ1v) is 3.47. The van der Waals surface area contributed by atoms with Crippen molar-refractivity contribution < 1.29 is 4.20 Å². The van der Waals surface area contributed by atoms with Gasteiger partial charge >= 0.3 is 0 Å². The van der Waals surface area contributed by atoms with E-state index in [1.54, 1.807) is 0 Å². The fraction of sp³-hybridized carbons (Fsp3) is 1.00. The maximum atomic E-state index is 6.81. The summed E-state index contributed by atoms with van der Waals surface area (Å²) in [5.41, 5.74) is 0. The average molecular weight is 220 g/mol. The van der Waals surface area contributed by atoms with Crippen molar-refractivity contribution in [1.82, 2.24) is 0 Å². The van der Waals surface area contributed by atoms with Gasteiger partial charge in [-0.3, -0.25) is 0 Å². The zero-order valence-electron chi connectivity index (χ0n) is 3.62. The van der Waals surface area contributed by atoms with Gasteiger partial charge in [0.1, 0.15) is 0 Å². The highest BCUT2D eigenvalue weighted by molar-refractivity contribution is 9.09. The molecule has 0 saturated carbocycles. The van der Waals surface area contributed by atoms with E-state index < -0.39 is 0 Å². The van der Waals surface area contributed by atoms with Gasteiger partial charge in [-0.05, 0) is 6.42 Å². The van der Waals surface area contributed by atoms with Gasteiger partial charge in [0.05, 0.1) is 16.3 Å². The summed E-state index contributed by atoms with van der Waals surface area (Å²) in [6.07, 6.45) is 1.24. The minimum absolute atomic E-state index is 1.13. The van der Waals surface area contributed by atoms with Crippen LogP contribution < -0.4 is 0 Å². The van der Waals surface area contributed by atoms with Crippen LogP contribution in [0.3, 0.4) is 0 Å². The highest BCUT2D eigenvalue weighted by Crippen LogP contribution is 1.80. The molecule has 40 valence electrons. The third kappa shape index (κ3) is 20.5. The third-order valence-corrected chi connectivity index (χ3v) is 0.982. The SMILES string of the molecule is CCCBr.OBr. The van der Waals surface area contributed by atoms with Crippen LogP contribution in [0.5, 0.6) is 0 Å². The summed E-state index contributed by atoms with van der Waals surface area (Å²) in [6.45, 7) is 2.13. The van der Waals surface area contributed by atoms with Crippen LogP contribution in [0.25, 0.3) is 0 Å². The molecule has 0 aliphatic carbocycles. The molecule has 0 aliphatic rings. The van der Waals surface area contributed by atoms with Crippen LogP contribution in [-0.4, -0.2) is 9.53 Å². The summed E-state index contributed by atoms with van der Waals surface area (Å²) in [4.78, 5) is 0. The Morgan fingerprint density at radius 2 is 1.67 bits per heavy atom. The molecule has 0 aromatic heterocycles. The van der Waals surface area contributed by atoms with Gasteiger partial charge in [-0.2, -0.15) is 0 Å². The predicted octanol–water partition coefficient (Wildman–Crippen LogP) is 2.08. The lowest BCUT2D eigenvalue weighted by molar-refractivity contribution is 0.702. The van der Waals surface area contributed by atoms with E-state index in [2.05, 4.69) is 22.9 Å². The molecule has 0 aromatic carbocycles. The molecule has 0 amide bonds. The molecule has 3 heteroatoms. The van der Waals surface area contributed by atoms with E-state index in [0.717, 1.165) is 5.33 Å². The summed E-state index contributed by atoms with van der Waals surface area (Å²) < 4.78 is 6.81. The Labute approximate surface area is 55.3 Å². The zero-order valence-corrected chi connectivity index (χ0v) is 6.79. The highest BCUT2D eigenvalue weighted by atomic mass is 79.9. The molecule has 0 saturated heterocycles. The molecular weight excluding hydrogens is 212 g/mol. The van der Waals surface area contributed by atoms with Gasteiger partial charge in [0, 0.05) is 5.33 Å². The Hall–Kier alpha value is 0.920. The van der Waals surface area contributed by atoms with E-state index in [0.29, 0.717) is 0 Å². The molecule has 0 aromatic rings. The van der Waals surface area contributed by atoms with Crippen molar-refractivity contribution in [3.8, 4) is 0 Å². The molecular formula is C3H8Br2O. The van der Waals surface area contributed by atoms with Crippen molar-refractivity contribution in [2.75, 3.05) is 5.33 Å². The van der Waals surface area contributed by atoms with Crippen LogP contribution in [0, 0.1) is 0 Å². The van der Waals surface area contributed by atoms with Crippen LogP contribution in [0.4, 0.5) is 0 Å². The van der Waals surface area contributed by atoms with Gasteiger partial charge in [-0.25, -0.2) is 0 Å². The summed E-state index contributed by atoms with van der Waals surface area (Å²) in [6, 6.07) is 0. The zero-order chi connectivity index (χ0) is 5.41. The van der Waals surface area contributed by atoms with Crippen molar-refractivity contribution in [2.24, 2.45) is 0 Å².